The molecule has 1 aliphatic rings. The second-order valence-electron chi connectivity index (χ2n) is 3.42. The number of aromatic nitrogens is 1. The third-order valence-electron chi connectivity index (χ3n) is 2.59. The summed E-state index contributed by atoms with van der Waals surface area (Å²) in [5, 5.41) is 0. The van der Waals surface area contributed by atoms with Crippen LogP contribution in [-0.2, 0) is 19.5 Å². The Bertz CT molecular complexity index is 261. The van der Waals surface area contributed by atoms with Gasteiger partial charge in [0.1, 0.15) is 0 Å². The van der Waals surface area contributed by atoms with Gasteiger partial charge < -0.3 is 5.48 Å². The van der Waals surface area contributed by atoms with E-state index >= 15 is 0 Å². The number of pyridine rings is 1. The SMILES string of the molecule is CN1CCCC1c1cccnc1.Cl.O.[Zn]. The van der Waals surface area contributed by atoms with E-state index in [2.05, 4.69) is 23.0 Å². The fourth-order valence-corrected chi connectivity index (χ4v) is 1.90. The minimum Gasteiger partial charge on any atom is -0.412 e. The van der Waals surface area contributed by atoms with Crippen LogP contribution in [0.3, 0.4) is 0 Å². The third kappa shape index (κ3) is 4.16. The van der Waals surface area contributed by atoms with Gasteiger partial charge in [0.2, 0.25) is 0 Å². The molecule has 1 atom stereocenters. The van der Waals surface area contributed by atoms with Gasteiger partial charge in [-0.25, -0.2) is 0 Å². The molecule has 0 saturated carbocycles. The molecule has 1 aromatic rings. The van der Waals surface area contributed by atoms with E-state index in [0.29, 0.717) is 6.04 Å². The van der Waals surface area contributed by atoms with E-state index in [0.717, 1.165) is 0 Å². The zero-order chi connectivity index (χ0) is 8.39. The fraction of sp³-hybridized carbons (Fsp3) is 0.500. The maximum absolute atomic E-state index is 4.14. The van der Waals surface area contributed by atoms with Gasteiger partial charge in [0, 0.05) is 37.9 Å². The second-order valence-corrected chi connectivity index (χ2v) is 3.42. The van der Waals surface area contributed by atoms with Gasteiger partial charge in [-0.1, -0.05) is 6.07 Å². The number of nitrogens with zero attached hydrogens (tertiary/aromatic N) is 2. The van der Waals surface area contributed by atoms with Crippen molar-refractivity contribution in [2.75, 3.05) is 13.6 Å². The number of hydrogen-bond acceptors (Lipinski definition) is 2. The second kappa shape index (κ2) is 8.17. The Hall–Kier alpha value is -0.0166. The Morgan fingerprint density at radius 1 is 1.47 bits per heavy atom. The van der Waals surface area contributed by atoms with E-state index in [1.807, 2.05) is 18.5 Å². The summed E-state index contributed by atoms with van der Waals surface area (Å²) in [4.78, 5) is 6.54. The van der Waals surface area contributed by atoms with E-state index in [9.17, 15) is 0 Å². The summed E-state index contributed by atoms with van der Waals surface area (Å²) in [6.07, 6.45) is 6.41. The van der Waals surface area contributed by atoms with Crippen LogP contribution in [0, 0.1) is 0 Å². The van der Waals surface area contributed by atoms with E-state index in [1.54, 1.807) is 0 Å². The molecule has 0 aliphatic carbocycles. The maximum Gasteiger partial charge on any atom is 0.0360 e. The first-order valence-corrected chi connectivity index (χ1v) is 4.48. The monoisotopic (exact) mass is 280 g/mol. The van der Waals surface area contributed by atoms with Crippen molar-refractivity contribution >= 4 is 12.4 Å². The minimum atomic E-state index is 0. The summed E-state index contributed by atoms with van der Waals surface area (Å²) in [5.74, 6) is 0. The zero-order valence-corrected chi connectivity index (χ0v) is 12.8. The van der Waals surface area contributed by atoms with Crippen LogP contribution in [0.1, 0.15) is 24.4 Å². The minimum absolute atomic E-state index is 0. The molecular weight excluding hydrogens is 265 g/mol. The summed E-state index contributed by atoms with van der Waals surface area (Å²) >= 11 is 0. The van der Waals surface area contributed by atoms with Crippen LogP contribution in [0.5, 0.6) is 0 Å². The molecule has 2 heterocycles. The van der Waals surface area contributed by atoms with Crippen molar-refractivity contribution < 1.29 is 25.0 Å². The molecular formula is C10H17ClN2OZn. The normalized spacial score (nSPS) is 19.7. The van der Waals surface area contributed by atoms with Crippen molar-refractivity contribution in [2.24, 2.45) is 0 Å². The topological polar surface area (TPSA) is 47.6 Å². The smallest absolute Gasteiger partial charge is 0.0360 e. The van der Waals surface area contributed by atoms with Crippen molar-refractivity contribution in [3.63, 3.8) is 0 Å². The van der Waals surface area contributed by atoms with Gasteiger partial charge in [0.15, 0.2) is 0 Å². The molecule has 5 heteroatoms. The summed E-state index contributed by atoms with van der Waals surface area (Å²) in [5.41, 5.74) is 1.36. The van der Waals surface area contributed by atoms with Crippen LogP contribution in [-0.4, -0.2) is 29.0 Å². The fourth-order valence-electron chi connectivity index (χ4n) is 1.90. The number of hydrogen-bond donors (Lipinski definition) is 0. The van der Waals surface area contributed by atoms with Crippen molar-refractivity contribution in [1.82, 2.24) is 9.88 Å². The first-order chi connectivity index (χ1) is 5.88. The molecule has 0 amide bonds. The van der Waals surface area contributed by atoms with Crippen LogP contribution >= 0.6 is 12.4 Å². The predicted octanol–water partition coefficient (Wildman–Crippen LogP) is 1.44. The molecule has 0 bridgehead atoms. The van der Waals surface area contributed by atoms with Gasteiger partial charge in [0.25, 0.3) is 0 Å². The molecule has 1 aromatic heterocycles. The van der Waals surface area contributed by atoms with Gasteiger partial charge in [-0.3, -0.25) is 9.88 Å². The van der Waals surface area contributed by atoms with E-state index in [-0.39, 0.29) is 37.4 Å². The zero-order valence-electron chi connectivity index (χ0n) is 9.02. The van der Waals surface area contributed by atoms with E-state index in [4.69, 9.17) is 0 Å². The third-order valence-corrected chi connectivity index (χ3v) is 2.59. The number of rotatable bonds is 1. The van der Waals surface area contributed by atoms with Crippen molar-refractivity contribution in [3.8, 4) is 0 Å². The average molecular weight is 282 g/mol. The largest absolute Gasteiger partial charge is 0.412 e. The Labute approximate surface area is 110 Å². The molecule has 2 N–H and O–H groups in total. The van der Waals surface area contributed by atoms with Crippen LogP contribution in [0.15, 0.2) is 24.5 Å². The first-order valence-electron chi connectivity index (χ1n) is 4.48. The Kier molecular flexibility index (Phi) is 9.47. The van der Waals surface area contributed by atoms with E-state index in [1.165, 1.54) is 24.9 Å². The summed E-state index contributed by atoms with van der Waals surface area (Å²) < 4.78 is 0. The summed E-state index contributed by atoms with van der Waals surface area (Å²) in [7, 11) is 2.19. The molecule has 1 fully saturated rings. The molecule has 1 aliphatic heterocycles. The standard InChI is InChI=1S/C10H14N2.ClH.H2O.Zn/c1-12-7-3-5-10(12)9-4-2-6-11-8-9;;;/h2,4,6,8,10H,3,5,7H2,1H3;1H;1H2;. The molecule has 1 unspecified atom stereocenters. The number of halogens is 1. The molecule has 0 spiro atoms. The molecule has 3 nitrogen and oxygen atoms in total. The van der Waals surface area contributed by atoms with Gasteiger partial charge >= 0.3 is 0 Å². The van der Waals surface area contributed by atoms with Crippen LogP contribution in [0.25, 0.3) is 0 Å². The molecule has 0 radical (unpaired) electrons. The quantitative estimate of drug-likeness (QED) is 0.732. The molecule has 2 rings (SSSR count). The van der Waals surface area contributed by atoms with Crippen molar-refractivity contribution in [1.29, 1.82) is 0 Å². The average Bonchev–Trinajstić information content (AvgIpc) is 2.53. The van der Waals surface area contributed by atoms with Gasteiger partial charge in [-0.15, -0.1) is 12.4 Å². The molecule has 15 heavy (non-hydrogen) atoms. The summed E-state index contributed by atoms with van der Waals surface area (Å²) in [6, 6.07) is 4.79. The van der Waals surface area contributed by atoms with Gasteiger partial charge in [0.05, 0.1) is 0 Å². The Morgan fingerprint density at radius 3 is 2.67 bits per heavy atom. The Morgan fingerprint density at radius 2 is 2.20 bits per heavy atom. The summed E-state index contributed by atoms with van der Waals surface area (Å²) in [6.45, 7) is 1.22. The Balaban J connectivity index is 0. The van der Waals surface area contributed by atoms with E-state index < -0.39 is 0 Å². The van der Waals surface area contributed by atoms with Crippen LogP contribution < -0.4 is 0 Å². The maximum atomic E-state index is 4.14. The van der Waals surface area contributed by atoms with Crippen molar-refractivity contribution in [3.05, 3.63) is 30.1 Å². The number of likely N-dealkylation sites (tertiary alicyclic amines) is 1. The molecule has 0 aromatic carbocycles. The van der Waals surface area contributed by atoms with Crippen LogP contribution in [0.4, 0.5) is 0 Å². The van der Waals surface area contributed by atoms with Gasteiger partial charge in [-0.05, 0) is 38.1 Å². The van der Waals surface area contributed by atoms with Crippen molar-refractivity contribution in [2.45, 2.75) is 18.9 Å². The van der Waals surface area contributed by atoms with Crippen LogP contribution in [0.2, 0.25) is 0 Å². The molecule has 1 saturated heterocycles. The first kappa shape index (κ1) is 17.4. The van der Waals surface area contributed by atoms with Gasteiger partial charge in [-0.2, -0.15) is 0 Å². The molecule has 82 valence electrons. The predicted molar refractivity (Wildman–Crippen MR) is 59.7 cm³/mol.